The fourth-order valence-electron chi connectivity index (χ4n) is 3.12. The first-order valence-corrected chi connectivity index (χ1v) is 11.4. The number of aromatic nitrogens is 3. The molecule has 0 unspecified atom stereocenters. The molecule has 0 amide bonds. The lowest BCUT2D eigenvalue weighted by Gasteiger charge is -2.15. The Labute approximate surface area is 202 Å². The SMILES string of the molecule is CC(C)COc1nc(-c2cccc(C(F)(F)F)c2)n(-c2ccc(NC[C@H](O)COC(C)C)cc2)n1. The lowest BCUT2D eigenvalue weighted by Crippen LogP contribution is -2.26. The molecule has 1 heterocycles. The molecule has 0 spiro atoms. The van der Waals surface area contributed by atoms with Gasteiger partial charge in [-0.25, -0.2) is 4.68 Å². The number of benzene rings is 2. The number of alkyl halides is 3. The maximum Gasteiger partial charge on any atom is 0.416 e. The summed E-state index contributed by atoms with van der Waals surface area (Å²) in [6.07, 6.45) is -5.11. The van der Waals surface area contributed by atoms with Crippen molar-refractivity contribution in [3.05, 3.63) is 54.1 Å². The minimum Gasteiger partial charge on any atom is -0.462 e. The number of halogens is 3. The second-order valence-electron chi connectivity index (χ2n) is 8.88. The van der Waals surface area contributed by atoms with E-state index < -0.39 is 17.8 Å². The van der Waals surface area contributed by atoms with Crippen molar-refractivity contribution in [1.82, 2.24) is 14.8 Å². The molecule has 0 saturated carbocycles. The van der Waals surface area contributed by atoms with Crippen LogP contribution in [0, 0.1) is 5.92 Å². The zero-order chi connectivity index (χ0) is 25.6. The van der Waals surface area contributed by atoms with Crippen LogP contribution in [0.4, 0.5) is 18.9 Å². The van der Waals surface area contributed by atoms with Crippen LogP contribution in [0.3, 0.4) is 0 Å². The molecule has 0 radical (unpaired) electrons. The Morgan fingerprint density at radius 3 is 2.37 bits per heavy atom. The number of aliphatic hydroxyl groups excluding tert-OH is 1. The van der Waals surface area contributed by atoms with Gasteiger partial charge in [-0.1, -0.05) is 26.0 Å². The lowest BCUT2D eigenvalue weighted by molar-refractivity contribution is -0.137. The van der Waals surface area contributed by atoms with E-state index in [4.69, 9.17) is 9.47 Å². The zero-order valence-corrected chi connectivity index (χ0v) is 20.2. The highest BCUT2D eigenvalue weighted by Crippen LogP contribution is 2.33. The van der Waals surface area contributed by atoms with E-state index in [0.29, 0.717) is 18.8 Å². The van der Waals surface area contributed by atoms with Gasteiger partial charge in [0.25, 0.3) is 0 Å². The Hall–Kier alpha value is -3.11. The molecule has 0 aliphatic heterocycles. The molecule has 0 fully saturated rings. The van der Waals surface area contributed by atoms with Crippen molar-refractivity contribution in [3.8, 4) is 23.1 Å². The predicted octanol–water partition coefficient (Wildman–Crippen LogP) is 5.19. The van der Waals surface area contributed by atoms with Crippen LogP contribution in [0.25, 0.3) is 17.1 Å². The minimum atomic E-state index is -4.48. The summed E-state index contributed by atoms with van der Waals surface area (Å²) in [6, 6.07) is 12.1. The first kappa shape index (κ1) is 26.5. The molecule has 35 heavy (non-hydrogen) atoms. The van der Waals surface area contributed by atoms with Gasteiger partial charge < -0.3 is 19.9 Å². The fraction of sp³-hybridized carbons (Fsp3) is 0.440. The number of hydrogen-bond donors (Lipinski definition) is 2. The van der Waals surface area contributed by atoms with E-state index in [9.17, 15) is 18.3 Å². The van der Waals surface area contributed by atoms with Gasteiger partial charge in [0.2, 0.25) is 0 Å². The van der Waals surface area contributed by atoms with Crippen molar-refractivity contribution >= 4 is 5.69 Å². The molecule has 10 heteroatoms. The van der Waals surface area contributed by atoms with Crippen LogP contribution in [0.1, 0.15) is 33.3 Å². The van der Waals surface area contributed by atoms with Gasteiger partial charge in [0, 0.05) is 17.8 Å². The average Bonchev–Trinajstić information content (AvgIpc) is 3.24. The van der Waals surface area contributed by atoms with Crippen LogP contribution in [-0.4, -0.2) is 51.8 Å². The number of anilines is 1. The van der Waals surface area contributed by atoms with Crippen LogP contribution < -0.4 is 10.1 Å². The number of rotatable bonds is 11. The number of ether oxygens (including phenoxy) is 2. The van der Waals surface area contributed by atoms with Gasteiger partial charge in [-0.3, -0.25) is 0 Å². The Morgan fingerprint density at radius 1 is 1.03 bits per heavy atom. The largest absolute Gasteiger partial charge is 0.462 e. The first-order chi connectivity index (χ1) is 16.5. The van der Waals surface area contributed by atoms with Crippen molar-refractivity contribution in [2.75, 3.05) is 25.1 Å². The van der Waals surface area contributed by atoms with Gasteiger partial charge in [-0.2, -0.15) is 18.2 Å². The highest BCUT2D eigenvalue weighted by Gasteiger charge is 2.31. The molecule has 3 aromatic rings. The Morgan fingerprint density at radius 2 is 1.74 bits per heavy atom. The molecular formula is C25H31F3N4O3. The third-order valence-electron chi connectivity index (χ3n) is 4.86. The van der Waals surface area contributed by atoms with Gasteiger partial charge >= 0.3 is 12.2 Å². The van der Waals surface area contributed by atoms with Crippen LogP contribution in [0.5, 0.6) is 6.01 Å². The quantitative estimate of drug-likeness (QED) is 0.384. The summed E-state index contributed by atoms with van der Waals surface area (Å²) < 4.78 is 52.3. The van der Waals surface area contributed by atoms with Gasteiger partial charge in [0.1, 0.15) is 0 Å². The van der Waals surface area contributed by atoms with Crippen LogP contribution >= 0.6 is 0 Å². The molecule has 7 nitrogen and oxygen atoms in total. The predicted molar refractivity (Wildman–Crippen MR) is 128 cm³/mol. The summed E-state index contributed by atoms with van der Waals surface area (Å²) in [4.78, 5) is 4.37. The average molecular weight is 493 g/mol. The molecule has 0 aliphatic carbocycles. The zero-order valence-electron chi connectivity index (χ0n) is 20.2. The standard InChI is InChI=1S/C25H31F3N4O3/c1-16(2)14-35-24-30-23(18-6-5-7-19(12-18)25(26,27)28)32(31-24)21-10-8-20(9-11-21)29-13-22(33)15-34-17(3)4/h5-12,16-17,22,29,33H,13-15H2,1-4H3/t22-/m0/s1. The van der Waals surface area contributed by atoms with E-state index in [2.05, 4.69) is 15.4 Å². The Bertz CT molecular complexity index is 1080. The van der Waals surface area contributed by atoms with E-state index >= 15 is 0 Å². The van der Waals surface area contributed by atoms with Crippen LogP contribution in [0.15, 0.2) is 48.5 Å². The monoisotopic (exact) mass is 492 g/mol. The molecule has 0 bridgehead atoms. The molecule has 190 valence electrons. The second kappa shape index (κ2) is 11.5. The highest BCUT2D eigenvalue weighted by molar-refractivity contribution is 5.60. The van der Waals surface area contributed by atoms with Crippen LogP contribution in [0.2, 0.25) is 0 Å². The summed E-state index contributed by atoms with van der Waals surface area (Å²) in [7, 11) is 0. The highest BCUT2D eigenvalue weighted by atomic mass is 19.4. The molecule has 0 saturated heterocycles. The molecule has 2 N–H and O–H groups in total. The van der Waals surface area contributed by atoms with Gasteiger partial charge in [-0.05, 0) is 56.2 Å². The van der Waals surface area contributed by atoms with Crippen LogP contribution in [-0.2, 0) is 10.9 Å². The molecule has 2 aromatic carbocycles. The fourth-order valence-corrected chi connectivity index (χ4v) is 3.12. The van der Waals surface area contributed by atoms with E-state index in [0.717, 1.165) is 17.8 Å². The van der Waals surface area contributed by atoms with Gasteiger partial charge in [-0.15, -0.1) is 5.10 Å². The topological polar surface area (TPSA) is 81.4 Å². The third kappa shape index (κ3) is 7.69. The van der Waals surface area contributed by atoms with E-state index in [-0.39, 0.29) is 36.0 Å². The smallest absolute Gasteiger partial charge is 0.416 e. The summed E-state index contributed by atoms with van der Waals surface area (Å²) in [5, 5.41) is 17.5. The number of hydrogen-bond acceptors (Lipinski definition) is 6. The van der Waals surface area contributed by atoms with E-state index in [1.807, 2.05) is 27.7 Å². The maximum atomic E-state index is 13.3. The molecular weight excluding hydrogens is 461 g/mol. The third-order valence-corrected chi connectivity index (χ3v) is 4.86. The maximum absolute atomic E-state index is 13.3. The normalized spacial score (nSPS) is 12.9. The van der Waals surface area contributed by atoms with Crippen molar-refractivity contribution in [2.45, 2.75) is 46.1 Å². The number of nitrogens with zero attached hydrogens (tertiary/aromatic N) is 3. The molecule has 1 atom stereocenters. The Kier molecular flexibility index (Phi) is 8.74. The van der Waals surface area contributed by atoms with Crippen molar-refractivity contribution < 1.29 is 27.8 Å². The Balaban J connectivity index is 1.85. The van der Waals surface area contributed by atoms with Crippen molar-refractivity contribution in [2.24, 2.45) is 5.92 Å². The molecule has 1 aromatic heterocycles. The van der Waals surface area contributed by atoms with Crippen molar-refractivity contribution in [3.63, 3.8) is 0 Å². The first-order valence-electron chi connectivity index (χ1n) is 11.4. The van der Waals surface area contributed by atoms with E-state index in [1.54, 1.807) is 30.3 Å². The molecule has 0 aliphatic rings. The summed E-state index contributed by atoms with van der Waals surface area (Å²) in [6.45, 7) is 8.65. The van der Waals surface area contributed by atoms with Gasteiger partial charge in [0.15, 0.2) is 5.82 Å². The summed E-state index contributed by atoms with van der Waals surface area (Å²) in [5.74, 6) is 0.461. The second-order valence-corrected chi connectivity index (χ2v) is 8.88. The molecule has 3 rings (SSSR count). The minimum absolute atomic E-state index is 0.0343. The number of aliphatic hydroxyl groups is 1. The lowest BCUT2D eigenvalue weighted by atomic mass is 10.1. The van der Waals surface area contributed by atoms with Gasteiger partial charge in [0.05, 0.1) is 36.7 Å². The van der Waals surface area contributed by atoms with Crippen molar-refractivity contribution in [1.29, 1.82) is 0 Å². The summed E-state index contributed by atoms with van der Waals surface area (Å²) >= 11 is 0. The van der Waals surface area contributed by atoms with E-state index in [1.165, 1.54) is 10.7 Å². The number of nitrogens with one attached hydrogen (secondary N) is 1. The summed E-state index contributed by atoms with van der Waals surface area (Å²) in [5.41, 5.74) is 0.851.